The van der Waals surface area contributed by atoms with Crippen molar-refractivity contribution in [3.63, 3.8) is 0 Å². The third kappa shape index (κ3) is 1.48. The lowest BCUT2D eigenvalue weighted by Gasteiger charge is -2.63. The number of allylic oxidation sites excluding steroid dienone is 4. The summed E-state index contributed by atoms with van der Waals surface area (Å²) in [7, 11) is 0. The van der Waals surface area contributed by atoms with E-state index in [1.807, 2.05) is 6.08 Å². The first-order valence-corrected chi connectivity index (χ1v) is 9.33. The smallest absolute Gasteiger partial charge is 0.193 e. The highest BCUT2D eigenvalue weighted by molar-refractivity contribution is 6.08. The topological polar surface area (TPSA) is 59.2 Å². The largest absolute Gasteiger partial charge is 0.361 e. The van der Waals surface area contributed by atoms with E-state index in [0.29, 0.717) is 26.1 Å². The van der Waals surface area contributed by atoms with Crippen LogP contribution in [-0.4, -0.2) is 36.0 Å². The second-order valence-electron chi connectivity index (χ2n) is 8.77. The first-order valence-electron chi connectivity index (χ1n) is 9.33. The molecule has 2 heterocycles. The van der Waals surface area contributed by atoms with Gasteiger partial charge in [-0.2, -0.15) is 0 Å². The van der Waals surface area contributed by atoms with Gasteiger partial charge in [-0.3, -0.25) is 9.59 Å². The lowest BCUT2D eigenvalue weighted by Crippen LogP contribution is -2.71. The fraction of sp³-hybridized carbons (Fsp3) is 0.545. The highest BCUT2D eigenvalue weighted by atomic mass is 16.6. The van der Waals surface area contributed by atoms with Crippen molar-refractivity contribution in [3.05, 3.63) is 48.6 Å². The molecular formula is C22H24O4. The number of rotatable bonds is 4. The number of hydrogen-bond donors (Lipinski definition) is 0. The molecule has 26 heavy (non-hydrogen) atoms. The van der Waals surface area contributed by atoms with E-state index in [4.69, 9.17) is 9.47 Å². The van der Waals surface area contributed by atoms with Gasteiger partial charge >= 0.3 is 0 Å². The molecule has 4 nitrogen and oxygen atoms in total. The van der Waals surface area contributed by atoms with Crippen LogP contribution in [0.15, 0.2) is 48.6 Å². The molecule has 0 aromatic rings. The van der Waals surface area contributed by atoms with Crippen LogP contribution in [0.1, 0.15) is 26.7 Å². The highest BCUT2D eigenvalue weighted by Gasteiger charge is 2.83. The minimum atomic E-state index is -0.811. The summed E-state index contributed by atoms with van der Waals surface area (Å²) in [6.45, 7) is 12.8. The zero-order chi connectivity index (χ0) is 18.5. The number of Topliss-reactive ketones (excluding diaryl/α,β-unsaturated/α-hetero) is 2. The van der Waals surface area contributed by atoms with Gasteiger partial charge in [0.05, 0.1) is 18.6 Å². The third-order valence-corrected chi connectivity index (χ3v) is 7.59. The van der Waals surface area contributed by atoms with Crippen LogP contribution in [0.25, 0.3) is 0 Å². The molecule has 1 saturated carbocycles. The van der Waals surface area contributed by atoms with Crippen molar-refractivity contribution in [1.29, 1.82) is 0 Å². The number of hydrogen-bond acceptors (Lipinski definition) is 4. The minimum absolute atomic E-state index is 0.0669. The highest BCUT2D eigenvalue weighted by Crippen LogP contribution is 2.74. The van der Waals surface area contributed by atoms with Crippen molar-refractivity contribution in [2.45, 2.75) is 37.9 Å². The first kappa shape index (κ1) is 16.4. The van der Waals surface area contributed by atoms with Crippen molar-refractivity contribution in [2.75, 3.05) is 13.2 Å². The molecule has 136 valence electrons. The van der Waals surface area contributed by atoms with Crippen molar-refractivity contribution in [1.82, 2.24) is 0 Å². The van der Waals surface area contributed by atoms with Gasteiger partial charge in [-0.25, -0.2) is 0 Å². The average Bonchev–Trinajstić information content (AvgIpc) is 3.49. The minimum Gasteiger partial charge on any atom is -0.361 e. The summed E-state index contributed by atoms with van der Waals surface area (Å²) < 4.78 is 11.7. The molecule has 0 amide bonds. The van der Waals surface area contributed by atoms with E-state index in [-0.39, 0.29) is 23.4 Å². The molecule has 2 saturated heterocycles. The molecule has 2 bridgehead atoms. The zero-order valence-electron chi connectivity index (χ0n) is 15.3. The molecule has 2 spiro atoms. The third-order valence-electron chi connectivity index (χ3n) is 7.59. The molecule has 6 rings (SSSR count). The van der Waals surface area contributed by atoms with Crippen molar-refractivity contribution >= 4 is 11.6 Å². The normalized spacial score (nSPS) is 50.4. The molecule has 0 N–H and O–H groups in total. The molecule has 0 aromatic carbocycles. The van der Waals surface area contributed by atoms with Crippen molar-refractivity contribution < 1.29 is 19.1 Å². The molecule has 5 unspecified atom stereocenters. The number of carbonyl (C=O) groups is 2. The van der Waals surface area contributed by atoms with Crippen LogP contribution in [0.5, 0.6) is 0 Å². The van der Waals surface area contributed by atoms with Crippen LogP contribution < -0.4 is 0 Å². The number of carbonyl (C=O) groups excluding carboxylic acids is 2. The van der Waals surface area contributed by atoms with E-state index in [2.05, 4.69) is 39.2 Å². The van der Waals surface area contributed by atoms with Crippen LogP contribution in [0.3, 0.4) is 0 Å². The van der Waals surface area contributed by atoms with Gasteiger partial charge < -0.3 is 9.47 Å². The molecule has 3 fully saturated rings. The lowest BCUT2D eigenvalue weighted by molar-refractivity contribution is -0.164. The van der Waals surface area contributed by atoms with Gasteiger partial charge in [-0.05, 0) is 25.3 Å². The lowest BCUT2D eigenvalue weighted by atomic mass is 9.37. The fourth-order valence-electron chi connectivity index (χ4n) is 6.48. The van der Waals surface area contributed by atoms with Crippen molar-refractivity contribution in [2.24, 2.45) is 22.7 Å². The Kier molecular flexibility index (Phi) is 2.87. The van der Waals surface area contributed by atoms with Crippen LogP contribution in [-0.2, 0) is 19.1 Å². The summed E-state index contributed by atoms with van der Waals surface area (Å²) >= 11 is 0. The summed E-state index contributed by atoms with van der Waals surface area (Å²) in [5.41, 5.74) is -0.946. The monoisotopic (exact) mass is 352 g/mol. The predicted molar refractivity (Wildman–Crippen MR) is 96.4 cm³/mol. The predicted octanol–water partition coefficient (Wildman–Crippen LogP) is 2.95. The number of ketones is 2. The standard InChI is InChI=1S/C22H24O4/c1-5-7-14-10-19(4)16(22(12-26-22)17(14)23)15-13(3)9-20(19,8-6-2)18(24)21(15)11-25-21/h5-6,9-10,15-16H,1-2,7-8,11-12H2,3-4H3/t15?,16?,19?,20-,21?,22?/m0/s1. The Labute approximate surface area is 153 Å². The maximum atomic E-state index is 13.7. The molecule has 4 heteroatoms. The Morgan fingerprint density at radius 2 is 1.81 bits per heavy atom. The molecule has 0 radical (unpaired) electrons. The van der Waals surface area contributed by atoms with Crippen LogP contribution in [0.4, 0.5) is 0 Å². The van der Waals surface area contributed by atoms with Gasteiger partial charge in [0, 0.05) is 17.3 Å². The molecule has 6 aliphatic rings. The van der Waals surface area contributed by atoms with Crippen LogP contribution >= 0.6 is 0 Å². The Morgan fingerprint density at radius 1 is 1.15 bits per heavy atom. The van der Waals surface area contributed by atoms with Gasteiger partial charge in [0.1, 0.15) is 0 Å². The van der Waals surface area contributed by atoms with E-state index in [1.54, 1.807) is 6.08 Å². The Balaban J connectivity index is 1.82. The SMILES string of the molecule is C=CCC1=CC2(C)C(C3C(C)=C[C@@]2(CC=C)C(=O)C32CO2)C2(CO2)C1=O. The van der Waals surface area contributed by atoms with Crippen LogP contribution in [0, 0.1) is 22.7 Å². The summed E-state index contributed by atoms with van der Waals surface area (Å²) in [4.78, 5) is 26.9. The Hall–Kier alpha value is -1.78. The van der Waals surface area contributed by atoms with Crippen LogP contribution in [0.2, 0.25) is 0 Å². The molecule has 4 aliphatic carbocycles. The second-order valence-corrected chi connectivity index (χ2v) is 8.77. The maximum absolute atomic E-state index is 13.7. The molecule has 6 atom stereocenters. The summed E-state index contributed by atoms with van der Waals surface area (Å²) in [6, 6.07) is 0. The van der Waals surface area contributed by atoms with E-state index < -0.39 is 22.0 Å². The van der Waals surface area contributed by atoms with Gasteiger partial charge in [0.2, 0.25) is 0 Å². The number of ether oxygens (including phenoxy) is 2. The Bertz CT molecular complexity index is 838. The maximum Gasteiger partial charge on any atom is 0.193 e. The first-order chi connectivity index (χ1) is 12.3. The van der Waals surface area contributed by atoms with E-state index >= 15 is 0 Å². The van der Waals surface area contributed by atoms with Gasteiger partial charge in [0.15, 0.2) is 22.8 Å². The summed E-state index contributed by atoms with van der Waals surface area (Å²) in [6.07, 6.45) is 8.80. The van der Waals surface area contributed by atoms with E-state index in [9.17, 15) is 9.59 Å². The molecule has 0 aromatic heterocycles. The van der Waals surface area contributed by atoms with Crippen molar-refractivity contribution in [3.8, 4) is 0 Å². The quantitative estimate of drug-likeness (QED) is 0.576. The average molecular weight is 352 g/mol. The van der Waals surface area contributed by atoms with Gasteiger partial charge in [0.25, 0.3) is 0 Å². The molecular weight excluding hydrogens is 328 g/mol. The molecule has 2 aliphatic heterocycles. The van der Waals surface area contributed by atoms with E-state index in [1.165, 1.54) is 0 Å². The summed E-state index contributed by atoms with van der Waals surface area (Å²) in [5.74, 6) is 0.0386. The van der Waals surface area contributed by atoms with Gasteiger partial charge in [-0.15, -0.1) is 13.2 Å². The fourth-order valence-corrected chi connectivity index (χ4v) is 6.48. The summed E-state index contributed by atoms with van der Waals surface area (Å²) in [5, 5.41) is 0. The zero-order valence-corrected chi connectivity index (χ0v) is 15.3. The second kappa shape index (κ2) is 4.55. The Morgan fingerprint density at radius 3 is 2.35 bits per heavy atom. The van der Waals surface area contributed by atoms with E-state index in [0.717, 1.165) is 11.1 Å². The van der Waals surface area contributed by atoms with Gasteiger partial charge in [-0.1, -0.05) is 36.8 Å². The number of epoxide rings is 2.